The Morgan fingerprint density at radius 2 is 1.84 bits per heavy atom. The normalized spacial score (nSPS) is 21.4. The van der Waals surface area contributed by atoms with E-state index in [1.807, 2.05) is 13.6 Å². The topological polar surface area (TPSA) is 20.3 Å². The third-order valence-corrected chi connectivity index (χ3v) is 8.08. The zero-order valence-corrected chi connectivity index (χ0v) is 19.8. The SMILES string of the molecule is CCCCC1(CC(C)(C)N(C)[Si](C)=O)c2ccccc2CC1(C)C.[Ti+4]. The first-order chi connectivity index (χ1) is 11.1. The summed E-state index contributed by atoms with van der Waals surface area (Å²) in [6, 6.07) is 9.03. The summed E-state index contributed by atoms with van der Waals surface area (Å²) in [7, 11) is 0.343. The third-order valence-electron chi connectivity index (χ3n) is 6.53. The molecule has 0 fully saturated rings. The minimum Gasteiger partial charge on any atom is -0.375 e. The van der Waals surface area contributed by atoms with Crippen LogP contribution < -0.4 is 0 Å². The molecule has 0 aliphatic heterocycles. The minimum atomic E-state index is -1.69. The van der Waals surface area contributed by atoms with Gasteiger partial charge in [0.25, 0.3) is 0 Å². The van der Waals surface area contributed by atoms with E-state index in [2.05, 4.69) is 63.4 Å². The van der Waals surface area contributed by atoms with Crippen LogP contribution in [0.5, 0.6) is 0 Å². The second-order valence-corrected chi connectivity index (χ2v) is 10.7. The van der Waals surface area contributed by atoms with Gasteiger partial charge in [-0.15, -0.1) is 0 Å². The number of hydrogen-bond donors (Lipinski definition) is 0. The maximum atomic E-state index is 12.2. The van der Waals surface area contributed by atoms with E-state index in [1.54, 1.807) is 5.56 Å². The van der Waals surface area contributed by atoms with E-state index in [4.69, 9.17) is 0 Å². The Morgan fingerprint density at radius 1 is 1.24 bits per heavy atom. The molecule has 0 saturated heterocycles. The van der Waals surface area contributed by atoms with Crippen LogP contribution in [0.2, 0.25) is 6.55 Å². The van der Waals surface area contributed by atoms with Gasteiger partial charge in [-0.2, -0.15) is 0 Å². The van der Waals surface area contributed by atoms with Gasteiger partial charge >= 0.3 is 30.6 Å². The molecular weight excluding hydrogens is 358 g/mol. The van der Waals surface area contributed by atoms with E-state index in [9.17, 15) is 4.46 Å². The first-order valence-corrected chi connectivity index (χ1v) is 11.3. The maximum Gasteiger partial charge on any atom is 4.00 e. The van der Waals surface area contributed by atoms with E-state index in [0.29, 0.717) is 0 Å². The molecule has 0 radical (unpaired) electrons. The molecule has 1 unspecified atom stereocenters. The summed E-state index contributed by atoms with van der Waals surface area (Å²) >= 11 is 0. The zero-order valence-electron chi connectivity index (χ0n) is 17.2. The molecule has 134 valence electrons. The van der Waals surface area contributed by atoms with Crippen molar-refractivity contribution in [3.8, 4) is 0 Å². The quantitative estimate of drug-likeness (QED) is 0.583. The standard InChI is InChI=1S/C21H35NOSi.Ti/c1-8-9-14-21(16-20(4,5)22(6)24(7)23)18-13-11-10-12-17(18)15-19(21,2)3;/h10-13H,8-9,14-16H2,1-7H3;/q;+4. The first-order valence-electron chi connectivity index (χ1n) is 9.40. The van der Waals surface area contributed by atoms with Gasteiger partial charge in [-0.05, 0) is 56.2 Å². The average Bonchev–Trinajstić information content (AvgIpc) is 2.71. The molecule has 2 rings (SSSR count). The number of nitrogens with zero attached hydrogens (tertiary/aromatic N) is 1. The maximum absolute atomic E-state index is 12.2. The second kappa shape index (κ2) is 8.19. The van der Waals surface area contributed by atoms with Gasteiger partial charge in [0.2, 0.25) is 0 Å². The van der Waals surface area contributed by atoms with Crippen LogP contribution in [0.4, 0.5) is 0 Å². The molecule has 25 heavy (non-hydrogen) atoms. The Morgan fingerprint density at radius 3 is 2.40 bits per heavy atom. The summed E-state index contributed by atoms with van der Waals surface area (Å²) in [5.41, 5.74) is 3.37. The van der Waals surface area contributed by atoms with E-state index in [-0.39, 0.29) is 38.1 Å². The molecule has 1 aromatic rings. The van der Waals surface area contributed by atoms with Gasteiger partial charge in [0.05, 0.1) is 0 Å². The Balaban J connectivity index is 0.00000312. The summed E-state index contributed by atoms with van der Waals surface area (Å²) in [4.78, 5) is 0. The van der Waals surface area contributed by atoms with Crippen molar-refractivity contribution < 1.29 is 26.2 Å². The van der Waals surface area contributed by atoms with E-state index < -0.39 is 8.84 Å². The van der Waals surface area contributed by atoms with Crippen LogP contribution in [0, 0.1) is 5.41 Å². The monoisotopic (exact) mass is 393 g/mol. The van der Waals surface area contributed by atoms with Gasteiger partial charge in [0.15, 0.2) is 0 Å². The summed E-state index contributed by atoms with van der Waals surface area (Å²) in [6.07, 6.45) is 5.90. The molecule has 0 heterocycles. The average molecular weight is 393 g/mol. The molecule has 1 aliphatic rings. The van der Waals surface area contributed by atoms with Crippen molar-refractivity contribution in [3.63, 3.8) is 0 Å². The Hall–Kier alpha value is -0.249. The predicted octanol–water partition coefficient (Wildman–Crippen LogP) is 5.34. The van der Waals surface area contributed by atoms with Crippen molar-refractivity contribution in [2.75, 3.05) is 7.05 Å². The molecule has 0 bridgehead atoms. The zero-order chi connectivity index (χ0) is 18.2. The van der Waals surface area contributed by atoms with Crippen LogP contribution in [-0.2, 0) is 38.0 Å². The number of unbranched alkanes of at least 4 members (excludes halogenated alkanes) is 1. The summed E-state index contributed by atoms with van der Waals surface area (Å²) in [5.74, 6) is 0. The molecule has 4 heteroatoms. The van der Waals surface area contributed by atoms with Crippen molar-refractivity contribution in [2.24, 2.45) is 5.41 Å². The largest absolute Gasteiger partial charge is 4.00 e. The number of benzene rings is 1. The number of hydrogen-bond acceptors (Lipinski definition) is 1. The molecule has 2 nitrogen and oxygen atoms in total. The van der Waals surface area contributed by atoms with Gasteiger partial charge in [-0.25, -0.2) is 0 Å². The summed E-state index contributed by atoms with van der Waals surface area (Å²) in [6.45, 7) is 13.6. The van der Waals surface area contributed by atoms with Crippen molar-refractivity contribution in [1.29, 1.82) is 0 Å². The van der Waals surface area contributed by atoms with Gasteiger partial charge in [0, 0.05) is 18.0 Å². The van der Waals surface area contributed by atoms with E-state index in [1.165, 1.54) is 24.8 Å². The molecular formula is C21H35NOSiTi+4. The van der Waals surface area contributed by atoms with Crippen molar-refractivity contribution in [2.45, 2.75) is 84.2 Å². The Kier molecular flexibility index (Phi) is 7.46. The van der Waals surface area contributed by atoms with Crippen LogP contribution in [0.25, 0.3) is 0 Å². The molecule has 1 aromatic carbocycles. The Bertz CT molecular complexity index is 614. The van der Waals surface area contributed by atoms with Crippen molar-refractivity contribution >= 4 is 8.84 Å². The fourth-order valence-electron chi connectivity index (χ4n) is 4.81. The van der Waals surface area contributed by atoms with Crippen molar-refractivity contribution in [3.05, 3.63) is 35.4 Å². The second-order valence-electron chi connectivity index (χ2n) is 8.97. The van der Waals surface area contributed by atoms with Crippen LogP contribution in [0.1, 0.15) is 71.4 Å². The molecule has 0 aromatic heterocycles. The van der Waals surface area contributed by atoms with Gasteiger partial charge < -0.3 is 9.03 Å². The smallest absolute Gasteiger partial charge is 0.375 e. The van der Waals surface area contributed by atoms with Crippen LogP contribution in [-0.4, -0.2) is 26.0 Å². The fourth-order valence-corrected chi connectivity index (χ4v) is 5.74. The minimum absolute atomic E-state index is 0. The number of rotatable bonds is 7. The molecule has 0 amide bonds. The van der Waals surface area contributed by atoms with Gasteiger partial charge in [-0.1, -0.05) is 57.9 Å². The molecule has 0 saturated carbocycles. The predicted molar refractivity (Wildman–Crippen MR) is 104 cm³/mol. The molecule has 1 aliphatic carbocycles. The molecule has 0 spiro atoms. The van der Waals surface area contributed by atoms with Gasteiger partial charge in [0.1, 0.15) is 0 Å². The molecule has 1 atom stereocenters. The van der Waals surface area contributed by atoms with Crippen LogP contribution in [0.15, 0.2) is 24.3 Å². The van der Waals surface area contributed by atoms with E-state index >= 15 is 0 Å². The third kappa shape index (κ3) is 4.20. The van der Waals surface area contributed by atoms with Crippen LogP contribution in [0.3, 0.4) is 0 Å². The molecule has 0 N–H and O–H groups in total. The first kappa shape index (κ1) is 22.8. The summed E-state index contributed by atoms with van der Waals surface area (Å²) in [5, 5.41) is 0. The summed E-state index contributed by atoms with van der Waals surface area (Å²) < 4.78 is 14.3. The van der Waals surface area contributed by atoms with Crippen molar-refractivity contribution in [1.82, 2.24) is 4.57 Å². The van der Waals surface area contributed by atoms with E-state index in [0.717, 1.165) is 12.8 Å². The Labute approximate surface area is 171 Å². The number of fused-ring (bicyclic) bond motifs is 1. The van der Waals surface area contributed by atoms with Gasteiger partial charge in [-0.3, -0.25) is 0 Å². The van der Waals surface area contributed by atoms with Crippen LogP contribution >= 0.6 is 0 Å². The fraction of sp³-hybridized carbons (Fsp3) is 0.714.